The van der Waals surface area contributed by atoms with Crippen molar-refractivity contribution in [3.05, 3.63) is 84.1 Å². The number of hydrazone groups is 1. The number of nitrogens with one attached hydrogen (secondary N) is 1. The van der Waals surface area contributed by atoms with E-state index in [1.165, 1.54) is 18.0 Å². The fourth-order valence-electron chi connectivity index (χ4n) is 2.52. The van der Waals surface area contributed by atoms with Crippen molar-refractivity contribution in [3.63, 3.8) is 0 Å². The van der Waals surface area contributed by atoms with Crippen molar-refractivity contribution in [2.45, 2.75) is 16.0 Å². The van der Waals surface area contributed by atoms with Crippen LogP contribution in [0.2, 0.25) is 0 Å². The van der Waals surface area contributed by atoms with Gasteiger partial charge in [-0.25, -0.2) is 13.2 Å². The summed E-state index contributed by atoms with van der Waals surface area (Å²) in [4.78, 5) is 2.18. The Hall–Kier alpha value is -3.44. The lowest BCUT2D eigenvalue weighted by Crippen LogP contribution is -2.20. The van der Waals surface area contributed by atoms with Gasteiger partial charge in [0.15, 0.2) is 5.09 Å². The van der Waals surface area contributed by atoms with E-state index in [1.807, 2.05) is 36.4 Å². The summed E-state index contributed by atoms with van der Waals surface area (Å²) in [5.41, 5.74) is 1.50. The molecule has 0 unspecified atom stereocenters. The maximum Gasteiger partial charge on any atom is 0.251 e. The largest absolute Gasteiger partial charge is 0.448 e. The Labute approximate surface area is 176 Å². The Morgan fingerprint density at radius 1 is 1.03 bits per heavy atom. The Kier molecular flexibility index (Phi) is 5.91. The van der Waals surface area contributed by atoms with Crippen molar-refractivity contribution < 1.29 is 12.8 Å². The molecule has 0 fully saturated rings. The van der Waals surface area contributed by atoms with E-state index < -0.39 is 10.0 Å². The Bertz CT molecular complexity index is 1240. The van der Waals surface area contributed by atoms with Crippen LogP contribution >= 0.6 is 11.8 Å². The zero-order chi connectivity index (χ0) is 20.8. The molecule has 0 spiro atoms. The highest BCUT2D eigenvalue weighted by atomic mass is 32.2. The summed E-state index contributed by atoms with van der Waals surface area (Å²) >= 11 is 1.24. The average Bonchev–Trinajstić information content (AvgIpc) is 3.39. The van der Waals surface area contributed by atoms with Crippen molar-refractivity contribution in [1.29, 1.82) is 0 Å². The van der Waals surface area contributed by atoms with E-state index in [1.54, 1.807) is 41.1 Å². The van der Waals surface area contributed by atoms with Crippen LogP contribution in [0.4, 0.5) is 0 Å². The molecule has 2 aromatic heterocycles. The third-order valence-corrected chi connectivity index (χ3v) is 5.77. The SMILES string of the molecule is O=S(=O)(Cc1ccccc1)NN=Cc1ccc(Sc2nnnn2-c2ccccc2)o1. The summed E-state index contributed by atoms with van der Waals surface area (Å²) < 4.78 is 31.4. The van der Waals surface area contributed by atoms with Gasteiger partial charge in [0.25, 0.3) is 10.0 Å². The van der Waals surface area contributed by atoms with Crippen LogP contribution in [0.25, 0.3) is 5.69 Å². The predicted octanol–water partition coefficient (Wildman–Crippen LogP) is 2.86. The van der Waals surface area contributed by atoms with Gasteiger partial charge in [-0.2, -0.15) is 9.78 Å². The van der Waals surface area contributed by atoms with Gasteiger partial charge in [0.1, 0.15) is 5.76 Å². The summed E-state index contributed by atoms with van der Waals surface area (Å²) in [6.07, 6.45) is 1.30. The quantitative estimate of drug-likeness (QED) is 0.331. The molecule has 0 aliphatic rings. The molecule has 0 atom stereocenters. The average molecular weight is 441 g/mol. The molecule has 0 bridgehead atoms. The van der Waals surface area contributed by atoms with Crippen molar-refractivity contribution in [2.75, 3.05) is 0 Å². The van der Waals surface area contributed by atoms with Gasteiger partial charge in [0, 0.05) is 0 Å². The van der Waals surface area contributed by atoms with E-state index >= 15 is 0 Å². The second kappa shape index (κ2) is 8.93. The highest BCUT2D eigenvalue weighted by Gasteiger charge is 2.13. The Morgan fingerprint density at radius 2 is 1.77 bits per heavy atom. The molecule has 0 saturated heterocycles. The van der Waals surface area contributed by atoms with E-state index in [0.29, 0.717) is 21.6 Å². The van der Waals surface area contributed by atoms with E-state index in [-0.39, 0.29) is 5.75 Å². The van der Waals surface area contributed by atoms with Crippen molar-refractivity contribution in [3.8, 4) is 5.69 Å². The van der Waals surface area contributed by atoms with Crippen LogP contribution in [-0.4, -0.2) is 34.8 Å². The van der Waals surface area contributed by atoms with Crippen LogP contribution in [-0.2, 0) is 15.8 Å². The molecule has 9 nitrogen and oxygen atoms in total. The van der Waals surface area contributed by atoms with Gasteiger partial charge < -0.3 is 4.42 Å². The van der Waals surface area contributed by atoms with Crippen LogP contribution < -0.4 is 4.83 Å². The van der Waals surface area contributed by atoms with Gasteiger partial charge in [-0.05, 0) is 52.0 Å². The first-order valence-electron chi connectivity index (χ1n) is 8.77. The number of tetrazole rings is 1. The van der Waals surface area contributed by atoms with Gasteiger partial charge in [-0.3, -0.25) is 0 Å². The minimum atomic E-state index is -3.60. The van der Waals surface area contributed by atoms with Crippen LogP contribution in [0.15, 0.2) is 92.6 Å². The lowest BCUT2D eigenvalue weighted by molar-refractivity contribution is 0.468. The zero-order valence-electron chi connectivity index (χ0n) is 15.5. The maximum absolute atomic E-state index is 12.1. The highest BCUT2D eigenvalue weighted by molar-refractivity contribution is 7.99. The molecule has 152 valence electrons. The standard InChI is InChI=1S/C19H16N6O3S2/c26-30(27,14-15-7-3-1-4-8-15)24-20-13-17-11-12-18(28-17)29-19-21-22-23-25(19)16-9-5-2-6-10-16/h1-13,24H,14H2. The molecule has 2 heterocycles. The molecule has 30 heavy (non-hydrogen) atoms. The zero-order valence-corrected chi connectivity index (χ0v) is 17.1. The van der Waals surface area contributed by atoms with Crippen LogP contribution in [0.3, 0.4) is 0 Å². The normalized spacial score (nSPS) is 11.7. The van der Waals surface area contributed by atoms with Crippen LogP contribution in [0.5, 0.6) is 0 Å². The predicted molar refractivity (Wildman–Crippen MR) is 112 cm³/mol. The van der Waals surface area contributed by atoms with E-state index in [9.17, 15) is 8.42 Å². The Morgan fingerprint density at radius 3 is 2.53 bits per heavy atom. The fraction of sp³-hybridized carbons (Fsp3) is 0.0526. The number of benzene rings is 2. The first kappa shape index (κ1) is 19.9. The second-order valence-electron chi connectivity index (χ2n) is 6.06. The number of hydrogen-bond donors (Lipinski definition) is 1. The Balaban J connectivity index is 1.39. The highest BCUT2D eigenvalue weighted by Crippen LogP contribution is 2.28. The molecule has 1 N–H and O–H groups in total. The molecule has 2 aromatic carbocycles. The second-order valence-corrected chi connectivity index (χ2v) is 8.73. The van der Waals surface area contributed by atoms with Crippen molar-refractivity contribution in [1.82, 2.24) is 25.0 Å². The van der Waals surface area contributed by atoms with Gasteiger partial charge in [0.2, 0.25) is 5.16 Å². The first-order valence-corrected chi connectivity index (χ1v) is 11.2. The molecule has 0 saturated carbocycles. The molecule has 0 aliphatic heterocycles. The number of rotatable bonds is 8. The summed E-state index contributed by atoms with van der Waals surface area (Å²) in [6.45, 7) is 0. The third-order valence-electron chi connectivity index (χ3n) is 3.82. The van der Waals surface area contributed by atoms with Gasteiger partial charge in [0.05, 0.1) is 17.7 Å². The maximum atomic E-state index is 12.1. The molecule has 0 aliphatic carbocycles. The number of para-hydroxylation sites is 1. The lowest BCUT2D eigenvalue weighted by Gasteiger charge is -2.02. The van der Waals surface area contributed by atoms with E-state index in [0.717, 1.165) is 5.69 Å². The molecule has 0 amide bonds. The summed E-state index contributed by atoms with van der Waals surface area (Å²) in [6, 6.07) is 21.8. The molecule has 0 radical (unpaired) electrons. The number of furan rings is 1. The number of nitrogens with zero attached hydrogens (tertiary/aromatic N) is 5. The monoisotopic (exact) mass is 440 g/mol. The van der Waals surface area contributed by atoms with E-state index in [2.05, 4.69) is 25.5 Å². The smallest absolute Gasteiger partial charge is 0.251 e. The minimum Gasteiger partial charge on any atom is -0.448 e. The third kappa shape index (κ3) is 5.13. The van der Waals surface area contributed by atoms with Crippen LogP contribution in [0.1, 0.15) is 11.3 Å². The van der Waals surface area contributed by atoms with Gasteiger partial charge in [-0.15, -0.1) is 5.10 Å². The summed E-state index contributed by atoms with van der Waals surface area (Å²) in [7, 11) is -3.60. The van der Waals surface area contributed by atoms with Crippen LogP contribution in [0, 0.1) is 0 Å². The summed E-state index contributed by atoms with van der Waals surface area (Å²) in [5.74, 6) is 0.227. The first-order chi connectivity index (χ1) is 14.6. The summed E-state index contributed by atoms with van der Waals surface area (Å²) in [5, 5.41) is 16.6. The van der Waals surface area contributed by atoms with Crippen molar-refractivity contribution >= 4 is 28.0 Å². The van der Waals surface area contributed by atoms with E-state index in [4.69, 9.17) is 4.42 Å². The number of hydrogen-bond acceptors (Lipinski definition) is 8. The molecule has 4 rings (SSSR count). The number of sulfonamides is 1. The molecular weight excluding hydrogens is 424 g/mol. The van der Waals surface area contributed by atoms with Gasteiger partial charge in [-0.1, -0.05) is 48.5 Å². The topological polar surface area (TPSA) is 115 Å². The van der Waals surface area contributed by atoms with Gasteiger partial charge >= 0.3 is 0 Å². The molecule has 4 aromatic rings. The minimum absolute atomic E-state index is 0.160. The molecular formula is C19H16N6O3S2. The molecule has 11 heteroatoms. The van der Waals surface area contributed by atoms with Crippen molar-refractivity contribution in [2.24, 2.45) is 5.10 Å². The number of aromatic nitrogens is 4. The fourth-order valence-corrected chi connectivity index (χ4v) is 4.19. The lowest BCUT2D eigenvalue weighted by atomic mass is 10.2.